The fraction of sp³-hybridized carbons (Fsp3) is 0.850. The number of nitrogens with one attached hydrogen (secondary N) is 1. The molecular formula is C20H36N2O9. The number of aliphatic carboxylic acids is 1. The first-order valence-corrected chi connectivity index (χ1v) is 10.4. The molecule has 0 unspecified atom stereocenters. The molecule has 31 heavy (non-hydrogen) atoms. The summed E-state index contributed by atoms with van der Waals surface area (Å²) in [5.41, 5.74) is -0.484. The van der Waals surface area contributed by atoms with Gasteiger partial charge in [-0.15, -0.1) is 0 Å². The lowest BCUT2D eigenvalue weighted by Crippen LogP contribution is -2.55. The monoisotopic (exact) mass is 448 g/mol. The summed E-state index contributed by atoms with van der Waals surface area (Å²) in [5.74, 6) is -1.62. The van der Waals surface area contributed by atoms with Crippen molar-refractivity contribution in [2.75, 3.05) is 65.9 Å². The van der Waals surface area contributed by atoms with Crippen LogP contribution in [-0.2, 0) is 33.3 Å². The molecule has 1 heterocycles. The molecule has 0 aromatic carbocycles. The predicted molar refractivity (Wildman–Crippen MR) is 110 cm³/mol. The van der Waals surface area contributed by atoms with Crippen molar-refractivity contribution in [3.63, 3.8) is 0 Å². The fourth-order valence-corrected chi connectivity index (χ4v) is 2.86. The number of hydrogen-bond donors (Lipinski definition) is 3. The van der Waals surface area contributed by atoms with Gasteiger partial charge in [-0.3, -0.25) is 9.59 Å². The molecule has 3 N–H and O–H groups in total. The first-order valence-electron chi connectivity index (χ1n) is 10.4. The molecule has 1 aliphatic rings. The van der Waals surface area contributed by atoms with Crippen molar-refractivity contribution in [3.05, 3.63) is 0 Å². The summed E-state index contributed by atoms with van der Waals surface area (Å²) in [5, 5.41) is 20.8. The van der Waals surface area contributed by atoms with Crippen LogP contribution in [0.3, 0.4) is 0 Å². The van der Waals surface area contributed by atoms with Crippen LogP contribution in [0.1, 0.15) is 27.2 Å². The number of β-amino-alcohol motifs (C(OH)–C–C–N with tert-alkyl or cyclic N) is 1. The standard InChI is InChI=1S/C20H36N2O9/c1-20(2,3)18(19(27)22-5-4-15(23)12-22)21-16(24)13-30-10-8-28-6-7-29-9-11-31-14-17(25)26/h15,18,23H,4-14H2,1-3H3,(H,21,24)(H,25,26)/t15-,18-/m1/s1. The Hall–Kier alpha value is -1.79. The normalized spacial score (nSPS) is 17.5. The molecule has 0 bridgehead atoms. The number of rotatable bonds is 15. The van der Waals surface area contributed by atoms with E-state index in [0.29, 0.717) is 26.2 Å². The Morgan fingerprint density at radius 1 is 0.968 bits per heavy atom. The van der Waals surface area contributed by atoms with Crippen LogP contribution in [0, 0.1) is 5.41 Å². The van der Waals surface area contributed by atoms with E-state index in [2.05, 4.69) is 5.32 Å². The van der Waals surface area contributed by atoms with Gasteiger partial charge in [0.15, 0.2) is 0 Å². The minimum Gasteiger partial charge on any atom is -0.480 e. The Bertz CT molecular complexity index is 565. The van der Waals surface area contributed by atoms with Crippen LogP contribution < -0.4 is 5.32 Å². The van der Waals surface area contributed by atoms with Gasteiger partial charge in [-0.2, -0.15) is 0 Å². The van der Waals surface area contributed by atoms with Crippen LogP contribution in [0.2, 0.25) is 0 Å². The molecule has 0 aliphatic carbocycles. The molecule has 2 atom stereocenters. The Morgan fingerprint density at radius 2 is 1.48 bits per heavy atom. The van der Waals surface area contributed by atoms with Gasteiger partial charge in [-0.05, 0) is 11.8 Å². The molecular weight excluding hydrogens is 412 g/mol. The van der Waals surface area contributed by atoms with E-state index in [9.17, 15) is 19.5 Å². The van der Waals surface area contributed by atoms with Crippen LogP contribution in [-0.4, -0.2) is 111 Å². The van der Waals surface area contributed by atoms with E-state index in [0.717, 1.165) is 0 Å². The van der Waals surface area contributed by atoms with Crippen molar-refractivity contribution < 1.29 is 43.5 Å². The molecule has 1 saturated heterocycles. The lowest BCUT2D eigenvalue weighted by Gasteiger charge is -2.33. The molecule has 11 heteroatoms. The van der Waals surface area contributed by atoms with E-state index in [1.165, 1.54) is 0 Å². The minimum atomic E-state index is -1.02. The maximum atomic E-state index is 12.8. The van der Waals surface area contributed by atoms with E-state index in [-0.39, 0.29) is 52.1 Å². The zero-order chi connectivity index (χ0) is 23.3. The van der Waals surface area contributed by atoms with E-state index < -0.39 is 29.4 Å². The summed E-state index contributed by atoms with van der Waals surface area (Å²) in [6.07, 6.45) is 0.0303. The lowest BCUT2D eigenvalue weighted by molar-refractivity contribution is -0.142. The zero-order valence-electron chi connectivity index (χ0n) is 18.6. The molecule has 2 amide bonds. The van der Waals surface area contributed by atoms with E-state index in [1.807, 2.05) is 20.8 Å². The SMILES string of the molecule is CC(C)(C)[C@H](NC(=O)COCCOCCOCCOCC(=O)O)C(=O)N1CC[C@@H](O)C1. The van der Waals surface area contributed by atoms with Gasteiger partial charge in [0.25, 0.3) is 0 Å². The molecule has 0 saturated carbocycles. The quantitative estimate of drug-likeness (QED) is 0.276. The molecule has 1 fully saturated rings. The Kier molecular flexibility index (Phi) is 12.6. The van der Waals surface area contributed by atoms with Gasteiger partial charge in [-0.1, -0.05) is 20.8 Å². The van der Waals surface area contributed by atoms with Crippen molar-refractivity contribution >= 4 is 17.8 Å². The van der Waals surface area contributed by atoms with Crippen molar-refractivity contribution in [2.24, 2.45) is 5.41 Å². The highest BCUT2D eigenvalue weighted by Crippen LogP contribution is 2.23. The topological polar surface area (TPSA) is 144 Å². The van der Waals surface area contributed by atoms with Gasteiger partial charge in [-0.25, -0.2) is 4.79 Å². The molecule has 0 spiro atoms. The second kappa shape index (κ2) is 14.3. The number of carbonyl (C=O) groups excluding carboxylic acids is 2. The van der Waals surface area contributed by atoms with Crippen LogP contribution in [0.5, 0.6) is 0 Å². The average Bonchev–Trinajstić information content (AvgIpc) is 3.11. The first-order chi connectivity index (χ1) is 14.6. The number of likely N-dealkylation sites (tertiary alicyclic amines) is 1. The highest BCUT2D eigenvalue weighted by Gasteiger charge is 2.37. The minimum absolute atomic E-state index is 0.191. The Balaban J connectivity index is 2.14. The molecule has 180 valence electrons. The van der Waals surface area contributed by atoms with Crippen LogP contribution in [0.4, 0.5) is 0 Å². The second-order valence-corrected chi connectivity index (χ2v) is 8.32. The number of hydrogen-bond acceptors (Lipinski definition) is 8. The van der Waals surface area contributed by atoms with Crippen LogP contribution in [0.15, 0.2) is 0 Å². The maximum Gasteiger partial charge on any atom is 0.329 e. The van der Waals surface area contributed by atoms with Gasteiger partial charge in [0.2, 0.25) is 11.8 Å². The first kappa shape index (κ1) is 27.2. The van der Waals surface area contributed by atoms with Crippen molar-refractivity contribution in [2.45, 2.75) is 39.3 Å². The second-order valence-electron chi connectivity index (χ2n) is 8.32. The van der Waals surface area contributed by atoms with Gasteiger partial charge in [0.1, 0.15) is 19.3 Å². The largest absolute Gasteiger partial charge is 0.480 e. The van der Waals surface area contributed by atoms with Gasteiger partial charge >= 0.3 is 5.97 Å². The third-order valence-electron chi connectivity index (χ3n) is 4.47. The summed E-state index contributed by atoms with van der Waals surface area (Å²) in [6.45, 7) is 7.46. The van der Waals surface area contributed by atoms with Gasteiger partial charge < -0.3 is 39.4 Å². The lowest BCUT2D eigenvalue weighted by atomic mass is 9.85. The van der Waals surface area contributed by atoms with Crippen molar-refractivity contribution in [1.82, 2.24) is 10.2 Å². The molecule has 11 nitrogen and oxygen atoms in total. The Morgan fingerprint density at radius 3 is 1.94 bits per heavy atom. The zero-order valence-corrected chi connectivity index (χ0v) is 18.6. The number of nitrogens with zero attached hydrogens (tertiary/aromatic N) is 1. The van der Waals surface area contributed by atoms with Crippen molar-refractivity contribution in [3.8, 4) is 0 Å². The summed E-state index contributed by atoms with van der Waals surface area (Å²) in [6, 6.07) is -0.707. The van der Waals surface area contributed by atoms with E-state index in [1.54, 1.807) is 4.90 Å². The Labute approximate surface area is 183 Å². The highest BCUT2D eigenvalue weighted by atomic mass is 16.6. The number of amides is 2. The highest BCUT2D eigenvalue weighted by molar-refractivity contribution is 5.89. The van der Waals surface area contributed by atoms with E-state index >= 15 is 0 Å². The summed E-state index contributed by atoms with van der Waals surface area (Å²) in [7, 11) is 0. The summed E-state index contributed by atoms with van der Waals surface area (Å²) < 4.78 is 20.6. The van der Waals surface area contributed by atoms with Crippen LogP contribution >= 0.6 is 0 Å². The number of carboxylic acid groups (broad SMARTS) is 1. The fourth-order valence-electron chi connectivity index (χ4n) is 2.86. The third kappa shape index (κ3) is 12.0. The van der Waals surface area contributed by atoms with E-state index in [4.69, 9.17) is 24.1 Å². The van der Waals surface area contributed by atoms with Crippen molar-refractivity contribution in [1.29, 1.82) is 0 Å². The maximum absolute atomic E-state index is 12.8. The number of carbonyl (C=O) groups is 3. The number of ether oxygens (including phenoxy) is 4. The van der Waals surface area contributed by atoms with Crippen LogP contribution in [0.25, 0.3) is 0 Å². The molecule has 0 aromatic heterocycles. The number of aliphatic hydroxyl groups excluding tert-OH is 1. The van der Waals surface area contributed by atoms with Gasteiger partial charge in [0.05, 0.1) is 45.7 Å². The molecule has 1 aliphatic heterocycles. The summed E-state index contributed by atoms with van der Waals surface area (Å²) in [4.78, 5) is 36.8. The molecule has 1 rings (SSSR count). The number of aliphatic hydroxyl groups is 1. The number of carboxylic acids is 1. The third-order valence-corrected chi connectivity index (χ3v) is 4.47. The predicted octanol–water partition coefficient (Wildman–Crippen LogP) is -0.738. The summed E-state index contributed by atoms with van der Waals surface area (Å²) >= 11 is 0. The smallest absolute Gasteiger partial charge is 0.329 e. The molecule has 0 radical (unpaired) electrons. The average molecular weight is 449 g/mol. The molecule has 0 aromatic rings. The van der Waals surface area contributed by atoms with Gasteiger partial charge in [0, 0.05) is 13.1 Å².